The van der Waals surface area contributed by atoms with Crippen LogP contribution in [-0.2, 0) is 14.8 Å². The number of hydrogen-bond donors (Lipinski definition) is 2. The molecule has 112 valence electrons. The molecule has 0 aliphatic rings. The SMILES string of the molecule is CCC(CNS(=O)(=O)c1ccc(Br)c(C)c1)CC(=O)O. The lowest BCUT2D eigenvalue weighted by Crippen LogP contribution is -2.30. The lowest BCUT2D eigenvalue weighted by molar-refractivity contribution is -0.138. The number of aliphatic carboxylic acids is 1. The normalized spacial score (nSPS) is 13.2. The molecule has 2 N–H and O–H groups in total. The van der Waals surface area contributed by atoms with Crippen molar-refractivity contribution in [1.82, 2.24) is 4.72 Å². The zero-order valence-electron chi connectivity index (χ0n) is 11.4. The topological polar surface area (TPSA) is 83.5 Å². The molecule has 20 heavy (non-hydrogen) atoms. The van der Waals surface area contributed by atoms with Crippen molar-refractivity contribution < 1.29 is 18.3 Å². The molecule has 0 radical (unpaired) electrons. The van der Waals surface area contributed by atoms with Crippen LogP contribution in [0.15, 0.2) is 27.6 Å². The summed E-state index contributed by atoms with van der Waals surface area (Å²) in [5, 5.41) is 8.75. The number of nitrogens with one attached hydrogen (secondary N) is 1. The van der Waals surface area contributed by atoms with Gasteiger partial charge in [-0.2, -0.15) is 0 Å². The fraction of sp³-hybridized carbons (Fsp3) is 0.462. The number of carboxylic acid groups (broad SMARTS) is 1. The second-order valence-electron chi connectivity index (χ2n) is 4.64. The summed E-state index contributed by atoms with van der Waals surface area (Å²) in [5.41, 5.74) is 0.824. The highest BCUT2D eigenvalue weighted by molar-refractivity contribution is 9.10. The first-order chi connectivity index (χ1) is 9.26. The van der Waals surface area contributed by atoms with E-state index < -0.39 is 16.0 Å². The Labute approximate surface area is 127 Å². The molecule has 0 saturated carbocycles. The summed E-state index contributed by atoms with van der Waals surface area (Å²) in [6, 6.07) is 4.76. The molecule has 7 heteroatoms. The first-order valence-corrected chi connectivity index (χ1v) is 8.51. The maximum absolute atomic E-state index is 12.1. The van der Waals surface area contributed by atoms with Crippen LogP contribution in [0.25, 0.3) is 0 Å². The fourth-order valence-corrected chi connectivity index (χ4v) is 3.15. The van der Waals surface area contributed by atoms with Gasteiger partial charge in [-0.25, -0.2) is 13.1 Å². The van der Waals surface area contributed by atoms with Crippen molar-refractivity contribution in [1.29, 1.82) is 0 Å². The molecule has 1 atom stereocenters. The van der Waals surface area contributed by atoms with Crippen molar-refractivity contribution in [2.24, 2.45) is 5.92 Å². The standard InChI is InChI=1S/C13H18BrNO4S/c1-3-10(7-13(16)17)8-15-20(18,19)11-4-5-12(14)9(2)6-11/h4-6,10,15H,3,7-8H2,1-2H3,(H,16,17). The van der Waals surface area contributed by atoms with Gasteiger partial charge >= 0.3 is 5.97 Å². The van der Waals surface area contributed by atoms with E-state index in [1.807, 2.05) is 13.8 Å². The zero-order valence-corrected chi connectivity index (χ0v) is 13.8. The first kappa shape index (κ1) is 17.1. The number of halogens is 1. The molecular weight excluding hydrogens is 346 g/mol. The van der Waals surface area contributed by atoms with Crippen LogP contribution in [0.4, 0.5) is 0 Å². The van der Waals surface area contributed by atoms with Gasteiger partial charge in [0.25, 0.3) is 0 Å². The molecule has 1 aromatic carbocycles. The van der Waals surface area contributed by atoms with Crippen molar-refractivity contribution in [3.05, 3.63) is 28.2 Å². The number of carboxylic acids is 1. The number of sulfonamides is 1. The molecule has 5 nitrogen and oxygen atoms in total. The minimum Gasteiger partial charge on any atom is -0.481 e. The number of benzene rings is 1. The molecule has 0 bridgehead atoms. The van der Waals surface area contributed by atoms with Crippen LogP contribution in [-0.4, -0.2) is 26.0 Å². The Bertz CT molecular complexity index is 586. The van der Waals surface area contributed by atoms with Crippen molar-refractivity contribution in [2.45, 2.75) is 31.6 Å². The molecule has 1 aromatic rings. The largest absolute Gasteiger partial charge is 0.481 e. The summed E-state index contributed by atoms with van der Waals surface area (Å²) < 4.78 is 27.6. The Morgan fingerprint density at radius 3 is 2.60 bits per heavy atom. The zero-order chi connectivity index (χ0) is 15.3. The Kier molecular flexibility index (Phi) is 6.16. The van der Waals surface area contributed by atoms with E-state index in [-0.39, 0.29) is 23.8 Å². The molecule has 1 rings (SSSR count). The van der Waals surface area contributed by atoms with Crippen LogP contribution in [0.5, 0.6) is 0 Å². The third-order valence-electron chi connectivity index (χ3n) is 3.04. The van der Waals surface area contributed by atoms with Crippen LogP contribution >= 0.6 is 15.9 Å². The molecular formula is C13H18BrNO4S. The summed E-state index contributed by atoms with van der Waals surface area (Å²) >= 11 is 3.32. The number of hydrogen-bond acceptors (Lipinski definition) is 3. The van der Waals surface area contributed by atoms with Crippen molar-refractivity contribution in [3.8, 4) is 0 Å². The van der Waals surface area contributed by atoms with E-state index in [4.69, 9.17) is 5.11 Å². The molecule has 1 unspecified atom stereocenters. The van der Waals surface area contributed by atoms with Crippen LogP contribution in [0.2, 0.25) is 0 Å². The number of rotatable bonds is 7. The minimum absolute atomic E-state index is 0.0433. The lowest BCUT2D eigenvalue weighted by atomic mass is 10.0. The summed E-state index contributed by atoms with van der Waals surface area (Å²) in [5.74, 6) is -1.13. The van der Waals surface area contributed by atoms with E-state index in [1.165, 1.54) is 6.07 Å². The van der Waals surface area contributed by atoms with Gasteiger partial charge in [0.05, 0.1) is 4.90 Å². The van der Waals surface area contributed by atoms with Crippen LogP contribution in [0.3, 0.4) is 0 Å². The van der Waals surface area contributed by atoms with Gasteiger partial charge in [-0.05, 0) is 36.6 Å². The molecule has 0 amide bonds. The van der Waals surface area contributed by atoms with Crippen molar-refractivity contribution in [2.75, 3.05) is 6.54 Å². The molecule has 0 aliphatic heterocycles. The van der Waals surface area contributed by atoms with Gasteiger partial charge in [0.15, 0.2) is 0 Å². The van der Waals surface area contributed by atoms with E-state index in [9.17, 15) is 13.2 Å². The van der Waals surface area contributed by atoms with E-state index in [0.717, 1.165) is 10.0 Å². The highest BCUT2D eigenvalue weighted by Crippen LogP contribution is 2.20. The molecule has 0 aliphatic carbocycles. The summed E-state index contributed by atoms with van der Waals surface area (Å²) in [7, 11) is -3.60. The quantitative estimate of drug-likeness (QED) is 0.779. The van der Waals surface area contributed by atoms with Crippen molar-refractivity contribution in [3.63, 3.8) is 0 Å². The Balaban J connectivity index is 2.79. The Hall–Kier alpha value is -0.920. The third-order valence-corrected chi connectivity index (χ3v) is 5.35. The minimum atomic E-state index is -3.60. The summed E-state index contributed by atoms with van der Waals surface area (Å²) in [6.45, 7) is 3.77. The highest BCUT2D eigenvalue weighted by Gasteiger charge is 2.18. The second kappa shape index (κ2) is 7.19. The van der Waals surface area contributed by atoms with E-state index >= 15 is 0 Å². The predicted octanol–water partition coefficient (Wildman–Crippen LogP) is 2.54. The molecule has 0 heterocycles. The van der Waals surface area contributed by atoms with Crippen LogP contribution in [0, 0.1) is 12.8 Å². The van der Waals surface area contributed by atoms with Gasteiger partial charge in [-0.1, -0.05) is 29.3 Å². The molecule has 0 fully saturated rings. The van der Waals surface area contributed by atoms with Crippen LogP contribution in [0.1, 0.15) is 25.3 Å². The Morgan fingerprint density at radius 2 is 2.10 bits per heavy atom. The number of aryl methyl sites for hydroxylation is 1. The van der Waals surface area contributed by atoms with E-state index in [2.05, 4.69) is 20.7 Å². The van der Waals surface area contributed by atoms with Gasteiger partial charge in [0, 0.05) is 17.4 Å². The number of carbonyl (C=O) groups is 1. The van der Waals surface area contributed by atoms with Gasteiger partial charge in [-0.3, -0.25) is 4.79 Å². The van der Waals surface area contributed by atoms with E-state index in [1.54, 1.807) is 12.1 Å². The van der Waals surface area contributed by atoms with Gasteiger partial charge in [0.2, 0.25) is 10.0 Å². The predicted molar refractivity (Wildman–Crippen MR) is 80.1 cm³/mol. The van der Waals surface area contributed by atoms with Gasteiger partial charge in [0.1, 0.15) is 0 Å². The Morgan fingerprint density at radius 1 is 1.45 bits per heavy atom. The van der Waals surface area contributed by atoms with E-state index in [0.29, 0.717) is 6.42 Å². The van der Waals surface area contributed by atoms with Gasteiger partial charge in [-0.15, -0.1) is 0 Å². The highest BCUT2D eigenvalue weighted by atomic mass is 79.9. The molecule has 0 spiro atoms. The lowest BCUT2D eigenvalue weighted by Gasteiger charge is -2.14. The second-order valence-corrected chi connectivity index (χ2v) is 7.26. The maximum Gasteiger partial charge on any atom is 0.303 e. The summed E-state index contributed by atoms with van der Waals surface area (Å²) in [6.07, 6.45) is 0.562. The maximum atomic E-state index is 12.1. The molecule has 0 aromatic heterocycles. The van der Waals surface area contributed by atoms with Crippen molar-refractivity contribution >= 4 is 31.9 Å². The fourth-order valence-electron chi connectivity index (χ4n) is 1.70. The van der Waals surface area contributed by atoms with Gasteiger partial charge < -0.3 is 5.11 Å². The monoisotopic (exact) mass is 363 g/mol. The average Bonchev–Trinajstić information content (AvgIpc) is 2.37. The third kappa shape index (κ3) is 4.88. The summed E-state index contributed by atoms with van der Waals surface area (Å²) in [4.78, 5) is 10.8. The first-order valence-electron chi connectivity index (χ1n) is 6.24. The van der Waals surface area contributed by atoms with Crippen LogP contribution < -0.4 is 4.72 Å². The average molecular weight is 364 g/mol. The smallest absolute Gasteiger partial charge is 0.303 e. The molecule has 0 saturated heterocycles.